The lowest BCUT2D eigenvalue weighted by atomic mass is 9.88. The Morgan fingerprint density at radius 3 is 2.50 bits per heavy atom. The quantitative estimate of drug-likeness (QED) is 0.704. The number of nitrogen functional groups attached to an aromatic ring is 1. The molecule has 0 aliphatic carbocycles. The van der Waals surface area contributed by atoms with Crippen molar-refractivity contribution in [2.75, 3.05) is 30.8 Å². The zero-order valence-corrected chi connectivity index (χ0v) is 15.4. The Bertz CT molecular complexity index is 728. The highest BCUT2D eigenvalue weighted by Crippen LogP contribution is 2.50. The van der Waals surface area contributed by atoms with Gasteiger partial charge >= 0.3 is 12.3 Å². The lowest BCUT2D eigenvalue weighted by molar-refractivity contribution is -0.137. The summed E-state index contributed by atoms with van der Waals surface area (Å²) in [5, 5.41) is 0. The Morgan fingerprint density at radius 2 is 1.92 bits per heavy atom. The van der Waals surface area contributed by atoms with Crippen molar-refractivity contribution < 1.29 is 22.7 Å². The first-order valence-corrected chi connectivity index (χ1v) is 8.60. The molecule has 1 fully saturated rings. The number of carbonyl (C=O) groups is 1. The van der Waals surface area contributed by atoms with Gasteiger partial charge in [-0.05, 0) is 44.9 Å². The zero-order chi connectivity index (χ0) is 19.4. The molecule has 26 heavy (non-hydrogen) atoms. The lowest BCUT2D eigenvalue weighted by Crippen LogP contribution is -2.48. The van der Waals surface area contributed by atoms with Crippen LogP contribution in [0.2, 0.25) is 0 Å². The first kappa shape index (κ1) is 18.7. The van der Waals surface area contributed by atoms with E-state index in [1.165, 1.54) is 0 Å². The summed E-state index contributed by atoms with van der Waals surface area (Å²) in [5.41, 5.74) is 5.23. The van der Waals surface area contributed by atoms with Crippen LogP contribution in [0.4, 0.5) is 29.3 Å². The van der Waals surface area contributed by atoms with Gasteiger partial charge in [-0.15, -0.1) is 0 Å². The van der Waals surface area contributed by atoms with Crippen molar-refractivity contribution in [1.82, 2.24) is 4.90 Å². The minimum atomic E-state index is -4.48. The Labute approximate surface area is 150 Å². The van der Waals surface area contributed by atoms with E-state index >= 15 is 0 Å². The number of halogens is 3. The smallest absolute Gasteiger partial charge is 0.418 e. The number of piperidine rings is 1. The van der Waals surface area contributed by atoms with Gasteiger partial charge in [0.1, 0.15) is 5.60 Å². The molecule has 3 rings (SSSR count). The summed E-state index contributed by atoms with van der Waals surface area (Å²) in [5.74, 6) is -0.221. The number of benzene rings is 1. The second kappa shape index (κ2) is 5.96. The third-order valence-corrected chi connectivity index (χ3v) is 4.94. The lowest BCUT2D eigenvalue weighted by Gasteiger charge is -2.38. The van der Waals surface area contributed by atoms with Crippen molar-refractivity contribution in [1.29, 1.82) is 0 Å². The molecule has 2 N–H and O–H groups in total. The molecule has 2 atom stereocenters. The molecule has 1 amide bonds. The third kappa shape index (κ3) is 3.29. The van der Waals surface area contributed by atoms with E-state index in [2.05, 4.69) is 0 Å². The average molecular weight is 371 g/mol. The molecule has 144 valence electrons. The number of carbonyl (C=O) groups excluding carboxylic acids is 1. The van der Waals surface area contributed by atoms with E-state index in [4.69, 9.17) is 10.5 Å². The van der Waals surface area contributed by atoms with Crippen LogP contribution < -0.4 is 10.6 Å². The molecule has 2 aliphatic heterocycles. The monoisotopic (exact) mass is 371 g/mol. The summed E-state index contributed by atoms with van der Waals surface area (Å²) in [4.78, 5) is 15.6. The number of likely N-dealkylation sites (tertiary alicyclic amines) is 1. The largest absolute Gasteiger partial charge is 0.444 e. The number of rotatable bonds is 0. The van der Waals surface area contributed by atoms with Gasteiger partial charge in [0.2, 0.25) is 0 Å². The van der Waals surface area contributed by atoms with E-state index < -0.39 is 23.4 Å². The van der Waals surface area contributed by atoms with E-state index in [9.17, 15) is 18.0 Å². The topological polar surface area (TPSA) is 58.8 Å². The second-order valence-electron chi connectivity index (χ2n) is 8.00. The number of alkyl halides is 3. The van der Waals surface area contributed by atoms with Crippen molar-refractivity contribution in [2.45, 2.75) is 50.9 Å². The van der Waals surface area contributed by atoms with Gasteiger partial charge < -0.3 is 20.3 Å². The standard InChI is InChI=1S/C18H24F3N3O2/c1-17(2,3)26-16(25)24-6-5-14-12(9-24)11-7-10(22)8-13(18(19,20)21)15(11)23(14)4/h7-8,12,14H,5-6,9,22H2,1-4H3/t12?,14-/m0/s1. The maximum Gasteiger partial charge on any atom is 0.418 e. The predicted molar refractivity (Wildman–Crippen MR) is 93.2 cm³/mol. The minimum Gasteiger partial charge on any atom is -0.444 e. The molecular weight excluding hydrogens is 347 g/mol. The van der Waals surface area contributed by atoms with Crippen LogP contribution in [0.3, 0.4) is 0 Å². The van der Waals surface area contributed by atoms with Gasteiger partial charge in [-0.3, -0.25) is 0 Å². The Hall–Kier alpha value is -2.12. The predicted octanol–water partition coefficient (Wildman–Crippen LogP) is 3.83. The van der Waals surface area contributed by atoms with E-state index in [0.29, 0.717) is 25.1 Å². The molecular formula is C18H24F3N3O2. The summed E-state index contributed by atoms with van der Waals surface area (Å²) in [6.07, 6.45) is -4.34. The van der Waals surface area contributed by atoms with Crippen LogP contribution >= 0.6 is 0 Å². The van der Waals surface area contributed by atoms with Crippen LogP contribution in [-0.4, -0.2) is 42.8 Å². The van der Waals surface area contributed by atoms with Gasteiger partial charge in [-0.1, -0.05) is 0 Å². The van der Waals surface area contributed by atoms with Crippen LogP contribution in [0, 0.1) is 0 Å². The fourth-order valence-electron chi connectivity index (χ4n) is 3.94. The number of hydrogen-bond acceptors (Lipinski definition) is 4. The zero-order valence-electron chi connectivity index (χ0n) is 15.4. The molecule has 1 unspecified atom stereocenters. The van der Waals surface area contributed by atoms with Crippen molar-refractivity contribution in [3.63, 3.8) is 0 Å². The highest BCUT2D eigenvalue weighted by atomic mass is 19.4. The van der Waals surface area contributed by atoms with Crippen LogP contribution in [0.1, 0.15) is 44.2 Å². The van der Waals surface area contributed by atoms with Crippen LogP contribution in [-0.2, 0) is 10.9 Å². The Balaban J connectivity index is 1.94. The van der Waals surface area contributed by atoms with E-state index in [-0.39, 0.29) is 23.3 Å². The van der Waals surface area contributed by atoms with Gasteiger partial charge in [-0.2, -0.15) is 13.2 Å². The molecule has 2 heterocycles. The molecule has 5 nitrogen and oxygen atoms in total. The number of fused-ring (bicyclic) bond motifs is 3. The fourth-order valence-corrected chi connectivity index (χ4v) is 3.94. The highest BCUT2D eigenvalue weighted by molar-refractivity contribution is 5.73. The molecule has 1 aromatic carbocycles. The number of ether oxygens (including phenoxy) is 1. The molecule has 0 radical (unpaired) electrons. The van der Waals surface area contributed by atoms with E-state index in [1.807, 2.05) is 0 Å². The molecule has 1 saturated heterocycles. The number of likely N-dealkylation sites (N-methyl/N-ethyl adjacent to an activating group) is 1. The Morgan fingerprint density at radius 1 is 1.27 bits per heavy atom. The molecule has 8 heteroatoms. The summed E-state index contributed by atoms with van der Waals surface area (Å²) < 4.78 is 45.9. The van der Waals surface area contributed by atoms with Gasteiger partial charge in [0.05, 0.1) is 11.3 Å². The summed E-state index contributed by atoms with van der Waals surface area (Å²) in [6, 6.07) is 2.49. The summed E-state index contributed by atoms with van der Waals surface area (Å²) in [6.45, 7) is 6.12. The SMILES string of the molecule is CN1c2c(cc(N)cc2C(F)(F)F)C2CN(C(=O)OC(C)(C)C)CC[C@@H]21. The molecule has 0 bridgehead atoms. The number of anilines is 2. The van der Waals surface area contributed by atoms with Crippen molar-refractivity contribution in [3.8, 4) is 0 Å². The fraction of sp³-hybridized carbons (Fsp3) is 0.611. The maximum atomic E-state index is 13.5. The number of hydrogen-bond donors (Lipinski definition) is 1. The van der Waals surface area contributed by atoms with Gasteiger partial charge in [0, 0.05) is 37.8 Å². The first-order chi connectivity index (χ1) is 11.9. The third-order valence-electron chi connectivity index (χ3n) is 4.94. The molecule has 2 aliphatic rings. The first-order valence-electron chi connectivity index (χ1n) is 8.60. The normalized spacial score (nSPS) is 22.9. The highest BCUT2D eigenvalue weighted by Gasteiger charge is 2.47. The van der Waals surface area contributed by atoms with Gasteiger partial charge in [0.15, 0.2) is 0 Å². The maximum absolute atomic E-state index is 13.5. The van der Waals surface area contributed by atoms with Crippen LogP contribution in [0.5, 0.6) is 0 Å². The molecule has 1 aromatic rings. The van der Waals surface area contributed by atoms with E-state index in [0.717, 1.165) is 6.07 Å². The Kier molecular flexibility index (Phi) is 4.28. The van der Waals surface area contributed by atoms with Gasteiger partial charge in [0.25, 0.3) is 0 Å². The summed E-state index contributed by atoms with van der Waals surface area (Å²) >= 11 is 0. The van der Waals surface area contributed by atoms with E-state index in [1.54, 1.807) is 43.7 Å². The minimum absolute atomic E-state index is 0.0829. The van der Waals surface area contributed by atoms with Crippen molar-refractivity contribution >= 4 is 17.5 Å². The number of amides is 1. The van der Waals surface area contributed by atoms with Gasteiger partial charge in [-0.25, -0.2) is 4.79 Å². The number of nitrogens with two attached hydrogens (primary N) is 1. The van der Waals surface area contributed by atoms with Crippen molar-refractivity contribution in [3.05, 3.63) is 23.3 Å². The molecule has 0 spiro atoms. The van der Waals surface area contributed by atoms with Crippen LogP contribution in [0.15, 0.2) is 12.1 Å². The number of nitrogens with zero attached hydrogens (tertiary/aromatic N) is 2. The van der Waals surface area contributed by atoms with Crippen molar-refractivity contribution in [2.24, 2.45) is 0 Å². The summed E-state index contributed by atoms with van der Waals surface area (Å²) in [7, 11) is 1.68. The van der Waals surface area contributed by atoms with Crippen LogP contribution in [0.25, 0.3) is 0 Å². The molecule has 0 aromatic heterocycles. The second-order valence-corrected chi connectivity index (χ2v) is 8.00. The molecule has 0 saturated carbocycles. The average Bonchev–Trinajstić information content (AvgIpc) is 2.76.